The Morgan fingerprint density at radius 1 is 0.917 bits per heavy atom. The van der Waals surface area contributed by atoms with E-state index >= 15 is 0 Å². The molecule has 0 unspecified atom stereocenters. The van der Waals surface area contributed by atoms with E-state index in [0.29, 0.717) is 22.6 Å². The highest BCUT2D eigenvalue weighted by atomic mass is 16.5. The second-order valence-electron chi connectivity index (χ2n) is 5.00. The number of carbonyl (C=O) groups excluding carboxylic acids is 3. The molecule has 0 atom stereocenters. The molecule has 7 heteroatoms. The lowest BCUT2D eigenvalue weighted by Gasteiger charge is -2.08. The topological polar surface area (TPSA) is 111 Å². The number of esters is 1. The van der Waals surface area contributed by atoms with Crippen molar-refractivity contribution >= 4 is 34.8 Å². The summed E-state index contributed by atoms with van der Waals surface area (Å²) in [4.78, 5) is 34.5. The lowest BCUT2D eigenvalue weighted by molar-refractivity contribution is -0.119. The summed E-state index contributed by atoms with van der Waals surface area (Å²) in [7, 11) is 0. The number of rotatable bonds is 5. The summed E-state index contributed by atoms with van der Waals surface area (Å²) >= 11 is 0. The minimum absolute atomic E-state index is 0.179. The number of nitrogens with two attached hydrogens (primary N) is 1. The van der Waals surface area contributed by atoms with E-state index in [4.69, 9.17) is 10.5 Å². The van der Waals surface area contributed by atoms with E-state index in [9.17, 15) is 14.4 Å². The standard InChI is InChI=1S/C17H17N3O4/c1-11(21)19-14-6-8-15(9-7-14)20-16(22)10-24-17(23)12-2-4-13(18)5-3-12/h2-9H,10,18H2,1H3,(H,19,21)(H,20,22). The molecule has 24 heavy (non-hydrogen) atoms. The van der Waals surface area contributed by atoms with E-state index in [-0.39, 0.29) is 5.91 Å². The molecular formula is C17H17N3O4. The molecule has 2 aromatic rings. The second kappa shape index (κ2) is 7.77. The molecule has 0 heterocycles. The van der Waals surface area contributed by atoms with E-state index in [2.05, 4.69) is 10.6 Å². The molecule has 0 fully saturated rings. The Bertz CT molecular complexity index is 739. The number of nitrogens with one attached hydrogen (secondary N) is 2. The van der Waals surface area contributed by atoms with Crippen molar-refractivity contribution in [3.05, 3.63) is 54.1 Å². The van der Waals surface area contributed by atoms with Gasteiger partial charge in [-0.05, 0) is 48.5 Å². The molecule has 0 radical (unpaired) electrons. The third kappa shape index (κ3) is 5.13. The van der Waals surface area contributed by atoms with Crippen LogP contribution in [0.1, 0.15) is 17.3 Å². The number of ether oxygens (including phenoxy) is 1. The van der Waals surface area contributed by atoms with Crippen molar-refractivity contribution in [2.45, 2.75) is 6.92 Å². The molecule has 2 aromatic carbocycles. The van der Waals surface area contributed by atoms with Crippen LogP contribution in [0.3, 0.4) is 0 Å². The highest BCUT2D eigenvalue weighted by Crippen LogP contribution is 2.13. The fraction of sp³-hybridized carbons (Fsp3) is 0.118. The first kappa shape index (κ1) is 17.0. The SMILES string of the molecule is CC(=O)Nc1ccc(NC(=O)COC(=O)c2ccc(N)cc2)cc1. The van der Waals surface area contributed by atoms with Crippen molar-refractivity contribution in [1.29, 1.82) is 0 Å². The fourth-order valence-electron chi connectivity index (χ4n) is 1.87. The predicted octanol–water partition coefficient (Wildman–Crippen LogP) is 2.02. The lowest BCUT2D eigenvalue weighted by Crippen LogP contribution is -2.21. The fourth-order valence-corrected chi connectivity index (χ4v) is 1.87. The van der Waals surface area contributed by atoms with E-state index in [0.717, 1.165) is 0 Å². The molecule has 0 aliphatic rings. The first-order valence-corrected chi connectivity index (χ1v) is 7.14. The van der Waals surface area contributed by atoms with Crippen molar-refractivity contribution in [3.63, 3.8) is 0 Å². The van der Waals surface area contributed by atoms with Crippen molar-refractivity contribution in [2.75, 3.05) is 23.0 Å². The third-order valence-electron chi connectivity index (χ3n) is 2.97. The van der Waals surface area contributed by atoms with Gasteiger partial charge >= 0.3 is 5.97 Å². The minimum atomic E-state index is -0.605. The maximum Gasteiger partial charge on any atom is 0.338 e. The zero-order chi connectivity index (χ0) is 17.5. The third-order valence-corrected chi connectivity index (χ3v) is 2.97. The van der Waals surface area contributed by atoms with Crippen LogP contribution in [0.4, 0.5) is 17.1 Å². The second-order valence-corrected chi connectivity index (χ2v) is 5.00. The molecular weight excluding hydrogens is 310 g/mol. The van der Waals surface area contributed by atoms with Gasteiger partial charge in [-0.3, -0.25) is 9.59 Å². The molecule has 4 N–H and O–H groups in total. The summed E-state index contributed by atoms with van der Waals surface area (Å²) in [5, 5.41) is 5.21. The number of hydrogen-bond donors (Lipinski definition) is 3. The molecule has 0 aliphatic carbocycles. The van der Waals surface area contributed by atoms with Crippen LogP contribution in [0, 0.1) is 0 Å². The van der Waals surface area contributed by atoms with Gasteiger partial charge in [0.15, 0.2) is 6.61 Å². The predicted molar refractivity (Wildman–Crippen MR) is 90.5 cm³/mol. The summed E-state index contributed by atoms with van der Waals surface area (Å²) in [6.45, 7) is 1.00. The Morgan fingerprint density at radius 3 is 2.00 bits per heavy atom. The van der Waals surface area contributed by atoms with Crippen molar-refractivity contribution in [3.8, 4) is 0 Å². The highest BCUT2D eigenvalue weighted by molar-refractivity contribution is 5.96. The van der Waals surface area contributed by atoms with Crippen LogP contribution < -0.4 is 16.4 Å². The van der Waals surface area contributed by atoms with Gasteiger partial charge in [-0.1, -0.05) is 0 Å². The van der Waals surface area contributed by atoms with Crippen LogP contribution in [0.2, 0.25) is 0 Å². The Balaban J connectivity index is 1.83. The van der Waals surface area contributed by atoms with Gasteiger partial charge in [-0.2, -0.15) is 0 Å². The number of hydrogen-bond acceptors (Lipinski definition) is 5. The van der Waals surface area contributed by atoms with Crippen LogP contribution in [0.15, 0.2) is 48.5 Å². The number of anilines is 3. The van der Waals surface area contributed by atoms with E-state index in [1.807, 2.05) is 0 Å². The van der Waals surface area contributed by atoms with Gasteiger partial charge in [0.05, 0.1) is 5.56 Å². The number of carbonyl (C=O) groups is 3. The molecule has 124 valence electrons. The average Bonchev–Trinajstić information content (AvgIpc) is 2.54. The van der Waals surface area contributed by atoms with Gasteiger partial charge in [0.1, 0.15) is 0 Å². The maximum absolute atomic E-state index is 11.8. The maximum atomic E-state index is 11.8. The average molecular weight is 327 g/mol. The summed E-state index contributed by atoms with van der Waals surface area (Å²) in [5.41, 5.74) is 7.53. The Morgan fingerprint density at radius 2 is 1.46 bits per heavy atom. The summed E-state index contributed by atoms with van der Waals surface area (Å²) < 4.78 is 4.93. The van der Waals surface area contributed by atoms with Gasteiger partial charge in [0.25, 0.3) is 5.91 Å². The zero-order valence-corrected chi connectivity index (χ0v) is 13.0. The van der Waals surface area contributed by atoms with Gasteiger partial charge < -0.3 is 21.1 Å². The monoisotopic (exact) mass is 327 g/mol. The smallest absolute Gasteiger partial charge is 0.338 e. The Kier molecular flexibility index (Phi) is 5.51. The molecule has 0 aromatic heterocycles. The highest BCUT2D eigenvalue weighted by Gasteiger charge is 2.10. The molecule has 7 nitrogen and oxygen atoms in total. The number of amides is 2. The molecule has 0 bridgehead atoms. The van der Waals surface area contributed by atoms with Crippen LogP contribution in [0.5, 0.6) is 0 Å². The summed E-state index contributed by atoms with van der Waals surface area (Å²) in [5.74, 6) is -1.25. The van der Waals surface area contributed by atoms with Crippen LogP contribution >= 0.6 is 0 Å². The molecule has 2 amide bonds. The van der Waals surface area contributed by atoms with E-state index < -0.39 is 18.5 Å². The first-order valence-electron chi connectivity index (χ1n) is 7.14. The van der Waals surface area contributed by atoms with E-state index in [1.165, 1.54) is 19.1 Å². The zero-order valence-electron chi connectivity index (χ0n) is 13.0. The van der Waals surface area contributed by atoms with Crippen molar-refractivity contribution in [1.82, 2.24) is 0 Å². The summed E-state index contributed by atoms with van der Waals surface area (Å²) in [6, 6.07) is 12.8. The molecule has 0 saturated heterocycles. The first-order chi connectivity index (χ1) is 11.4. The van der Waals surface area contributed by atoms with Gasteiger partial charge in [0, 0.05) is 24.0 Å². The Labute approximate surface area is 138 Å². The van der Waals surface area contributed by atoms with Crippen molar-refractivity contribution in [2.24, 2.45) is 0 Å². The van der Waals surface area contributed by atoms with Crippen molar-refractivity contribution < 1.29 is 19.1 Å². The molecule has 0 aliphatic heterocycles. The lowest BCUT2D eigenvalue weighted by atomic mass is 10.2. The molecule has 2 rings (SSSR count). The summed E-state index contributed by atoms with van der Waals surface area (Å²) in [6.07, 6.45) is 0. The molecule has 0 spiro atoms. The Hall–Kier alpha value is -3.35. The van der Waals surface area contributed by atoms with Gasteiger partial charge in [-0.15, -0.1) is 0 Å². The van der Waals surface area contributed by atoms with Gasteiger partial charge in [-0.25, -0.2) is 4.79 Å². The number of benzene rings is 2. The van der Waals surface area contributed by atoms with Gasteiger partial charge in [0.2, 0.25) is 5.91 Å². The van der Waals surface area contributed by atoms with Crippen LogP contribution in [0.25, 0.3) is 0 Å². The van der Waals surface area contributed by atoms with Crippen LogP contribution in [-0.4, -0.2) is 24.4 Å². The van der Waals surface area contributed by atoms with E-state index in [1.54, 1.807) is 36.4 Å². The largest absolute Gasteiger partial charge is 0.452 e. The minimum Gasteiger partial charge on any atom is -0.452 e. The quantitative estimate of drug-likeness (QED) is 0.575. The van der Waals surface area contributed by atoms with Crippen LogP contribution in [-0.2, 0) is 14.3 Å². The normalized spacial score (nSPS) is 9.88. The molecule has 0 saturated carbocycles. The number of nitrogen functional groups attached to an aromatic ring is 1.